The summed E-state index contributed by atoms with van der Waals surface area (Å²) in [7, 11) is 0. The molecule has 2 N–H and O–H groups in total. The van der Waals surface area contributed by atoms with Gasteiger partial charge in [-0.05, 0) is 68.8 Å². The van der Waals surface area contributed by atoms with E-state index in [4.69, 9.17) is 4.74 Å². The van der Waals surface area contributed by atoms with Crippen LogP contribution in [-0.2, 0) is 4.74 Å². The number of aromatic amines is 1. The lowest BCUT2D eigenvalue weighted by Gasteiger charge is -2.11. The lowest BCUT2D eigenvalue weighted by Crippen LogP contribution is -2.28. The van der Waals surface area contributed by atoms with Gasteiger partial charge in [0.1, 0.15) is 6.61 Å². The molecule has 5 aromatic rings. The number of aryl methyl sites for hydroxylation is 1. The molecule has 8 heteroatoms. The maximum absolute atomic E-state index is 12.4. The van der Waals surface area contributed by atoms with Crippen molar-refractivity contribution in [2.24, 2.45) is 0 Å². The number of carbonyl (C=O) groups excluding carboxylic acids is 1. The van der Waals surface area contributed by atoms with Gasteiger partial charge in [0.2, 0.25) is 0 Å². The Kier molecular flexibility index (Phi) is 6.16. The zero-order valence-corrected chi connectivity index (χ0v) is 20.4. The van der Waals surface area contributed by atoms with Crippen molar-refractivity contribution in [3.05, 3.63) is 84.6 Å². The maximum atomic E-state index is 12.4. The molecule has 1 saturated heterocycles. The molecule has 0 saturated carbocycles. The number of carbonyl (C=O) groups is 1. The molecule has 0 radical (unpaired) electrons. The third kappa shape index (κ3) is 4.83. The zero-order valence-electron chi connectivity index (χ0n) is 20.4. The molecule has 1 aromatic carbocycles. The summed E-state index contributed by atoms with van der Waals surface area (Å²) in [5, 5.41) is 4.29. The van der Waals surface area contributed by atoms with Crippen molar-refractivity contribution in [3.8, 4) is 33.9 Å². The first kappa shape index (κ1) is 23.0. The second kappa shape index (κ2) is 9.91. The molecule has 184 valence electrons. The standard InChI is InChI=1S/C29H26N6O2/c1-18-4-2-6-26(35-18)28-27(33-17-34-28)19-7-9-24-21(12-19)13-22(15-32-24)25-10-8-20(14-31-25)29(36)37-16-23-5-3-11-30-23/h2,4,6-10,12-15,17,23,30H,3,5,11,16H2,1H3,(H,33,34)/t23-/m0/s1. The summed E-state index contributed by atoms with van der Waals surface area (Å²) in [6.07, 6.45) is 7.20. The van der Waals surface area contributed by atoms with Crippen LogP contribution in [0.1, 0.15) is 28.9 Å². The number of esters is 1. The van der Waals surface area contributed by atoms with Gasteiger partial charge in [0.05, 0.1) is 40.2 Å². The highest BCUT2D eigenvalue weighted by molar-refractivity contribution is 5.91. The Morgan fingerprint density at radius 2 is 1.92 bits per heavy atom. The fraction of sp³-hybridized carbons (Fsp3) is 0.207. The molecule has 1 aliphatic heterocycles. The van der Waals surface area contributed by atoms with Crippen LogP contribution < -0.4 is 5.32 Å². The van der Waals surface area contributed by atoms with E-state index in [1.807, 2.05) is 43.3 Å². The number of benzene rings is 1. The number of rotatable bonds is 6. The SMILES string of the molecule is Cc1cccc(-c2[nH]cnc2-c2ccc3ncc(-c4ccc(C(=O)OC[C@@H]5CCCN5)cn4)cc3c2)n1. The van der Waals surface area contributed by atoms with Crippen molar-refractivity contribution in [2.45, 2.75) is 25.8 Å². The Morgan fingerprint density at radius 1 is 1.00 bits per heavy atom. The molecule has 1 atom stereocenters. The zero-order chi connectivity index (χ0) is 25.2. The van der Waals surface area contributed by atoms with E-state index in [0.29, 0.717) is 12.2 Å². The summed E-state index contributed by atoms with van der Waals surface area (Å²) in [6, 6.07) is 17.9. The summed E-state index contributed by atoms with van der Waals surface area (Å²) in [5.74, 6) is -0.355. The molecular formula is C29H26N6O2. The molecule has 0 aliphatic carbocycles. The van der Waals surface area contributed by atoms with Crippen LogP contribution in [0.5, 0.6) is 0 Å². The van der Waals surface area contributed by atoms with Crippen LogP contribution in [0.15, 0.2) is 73.3 Å². The van der Waals surface area contributed by atoms with Crippen molar-refractivity contribution >= 4 is 16.9 Å². The minimum Gasteiger partial charge on any atom is -0.460 e. The number of fused-ring (bicyclic) bond motifs is 1. The molecule has 6 rings (SSSR count). The van der Waals surface area contributed by atoms with Gasteiger partial charge in [-0.1, -0.05) is 12.1 Å². The molecule has 37 heavy (non-hydrogen) atoms. The van der Waals surface area contributed by atoms with Crippen LogP contribution in [0.3, 0.4) is 0 Å². The van der Waals surface area contributed by atoms with Crippen LogP contribution in [0, 0.1) is 6.92 Å². The van der Waals surface area contributed by atoms with Gasteiger partial charge in [-0.3, -0.25) is 15.0 Å². The van der Waals surface area contributed by atoms with Gasteiger partial charge in [0.25, 0.3) is 0 Å². The predicted octanol–water partition coefficient (Wildman–Crippen LogP) is 4.97. The quantitative estimate of drug-likeness (QED) is 0.324. The van der Waals surface area contributed by atoms with Gasteiger partial charge < -0.3 is 15.0 Å². The second-order valence-electron chi connectivity index (χ2n) is 9.25. The van der Waals surface area contributed by atoms with Crippen molar-refractivity contribution in [1.82, 2.24) is 30.2 Å². The Balaban J connectivity index is 1.25. The van der Waals surface area contributed by atoms with E-state index in [0.717, 1.165) is 69.9 Å². The maximum Gasteiger partial charge on any atom is 0.339 e. The minimum absolute atomic E-state index is 0.246. The molecule has 4 aromatic heterocycles. The fourth-order valence-electron chi connectivity index (χ4n) is 4.65. The summed E-state index contributed by atoms with van der Waals surface area (Å²) in [5.41, 5.74) is 7.38. The van der Waals surface area contributed by atoms with Gasteiger partial charge in [0.15, 0.2) is 0 Å². The number of nitrogens with one attached hydrogen (secondary N) is 2. The summed E-state index contributed by atoms with van der Waals surface area (Å²) < 4.78 is 5.45. The number of ether oxygens (including phenoxy) is 1. The second-order valence-corrected chi connectivity index (χ2v) is 9.25. The van der Waals surface area contributed by atoms with Gasteiger partial charge in [0, 0.05) is 40.6 Å². The molecule has 8 nitrogen and oxygen atoms in total. The number of hydrogen-bond acceptors (Lipinski definition) is 7. The normalized spacial score (nSPS) is 15.2. The number of nitrogens with zero attached hydrogens (tertiary/aromatic N) is 4. The van der Waals surface area contributed by atoms with E-state index in [9.17, 15) is 4.79 Å². The number of hydrogen-bond donors (Lipinski definition) is 2. The number of aromatic nitrogens is 5. The average molecular weight is 491 g/mol. The third-order valence-electron chi connectivity index (χ3n) is 6.61. The Bertz CT molecular complexity index is 1570. The van der Waals surface area contributed by atoms with Crippen LogP contribution in [0.2, 0.25) is 0 Å². The molecule has 0 spiro atoms. The summed E-state index contributed by atoms with van der Waals surface area (Å²) in [4.78, 5) is 34.0. The minimum atomic E-state index is -0.355. The lowest BCUT2D eigenvalue weighted by molar-refractivity contribution is 0.0473. The molecule has 5 heterocycles. The van der Waals surface area contributed by atoms with Crippen molar-refractivity contribution in [3.63, 3.8) is 0 Å². The molecule has 0 bridgehead atoms. The van der Waals surface area contributed by atoms with Gasteiger partial charge in [-0.2, -0.15) is 0 Å². The Hall–Kier alpha value is -4.43. The number of imidazole rings is 1. The first-order chi connectivity index (χ1) is 18.1. The molecular weight excluding hydrogens is 464 g/mol. The van der Waals surface area contributed by atoms with E-state index in [1.54, 1.807) is 24.8 Å². The first-order valence-corrected chi connectivity index (χ1v) is 12.4. The van der Waals surface area contributed by atoms with E-state index in [1.165, 1.54) is 0 Å². The van der Waals surface area contributed by atoms with Gasteiger partial charge >= 0.3 is 5.97 Å². The van der Waals surface area contributed by atoms with Crippen molar-refractivity contribution in [2.75, 3.05) is 13.2 Å². The molecule has 1 aliphatic rings. The Morgan fingerprint density at radius 3 is 2.73 bits per heavy atom. The smallest absolute Gasteiger partial charge is 0.339 e. The van der Waals surface area contributed by atoms with Crippen LogP contribution in [0.25, 0.3) is 44.8 Å². The predicted molar refractivity (Wildman–Crippen MR) is 142 cm³/mol. The van der Waals surface area contributed by atoms with Crippen molar-refractivity contribution < 1.29 is 9.53 Å². The lowest BCUT2D eigenvalue weighted by atomic mass is 10.0. The van der Waals surface area contributed by atoms with E-state index in [2.05, 4.69) is 42.4 Å². The molecule has 0 amide bonds. The summed E-state index contributed by atoms with van der Waals surface area (Å²) >= 11 is 0. The third-order valence-corrected chi connectivity index (χ3v) is 6.61. The monoisotopic (exact) mass is 490 g/mol. The highest BCUT2D eigenvalue weighted by Crippen LogP contribution is 2.31. The summed E-state index contributed by atoms with van der Waals surface area (Å²) in [6.45, 7) is 3.34. The molecule has 1 fully saturated rings. The number of H-pyrrole nitrogens is 1. The van der Waals surface area contributed by atoms with Gasteiger partial charge in [-0.15, -0.1) is 0 Å². The highest BCUT2D eigenvalue weighted by Gasteiger charge is 2.17. The van der Waals surface area contributed by atoms with Crippen LogP contribution in [0.4, 0.5) is 0 Å². The van der Waals surface area contributed by atoms with E-state index < -0.39 is 0 Å². The topological polar surface area (TPSA) is 106 Å². The first-order valence-electron chi connectivity index (χ1n) is 12.4. The van der Waals surface area contributed by atoms with Crippen LogP contribution in [-0.4, -0.2) is 50.1 Å². The van der Waals surface area contributed by atoms with Crippen LogP contribution >= 0.6 is 0 Å². The molecule has 0 unspecified atom stereocenters. The average Bonchev–Trinajstić information content (AvgIpc) is 3.64. The highest BCUT2D eigenvalue weighted by atomic mass is 16.5. The van der Waals surface area contributed by atoms with E-state index in [-0.39, 0.29) is 12.0 Å². The van der Waals surface area contributed by atoms with E-state index >= 15 is 0 Å². The Labute approximate surface area is 214 Å². The van der Waals surface area contributed by atoms with Gasteiger partial charge in [-0.25, -0.2) is 9.78 Å². The largest absolute Gasteiger partial charge is 0.460 e. The fourth-order valence-corrected chi connectivity index (χ4v) is 4.65. The number of pyridine rings is 3. The van der Waals surface area contributed by atoms with Crippen molar-refractivity contribution in [1.29, 1.82) is 0 Å².